The predicted molar refractivity (Wildman–Crippen MR) is 133 cm³/mol. The van der Waals surface area contributed by atoms with E-state index < -0.39 is 9.84 Å². The van der Waals surface area contributed by atoms with Gasteiger partial charge in [0.25, 0.3) is 0 Å². The molecule has 0 aliphatic rings. The Balaban J connectivity index is 1.50. The van der Waals surface area contributed by atoms with E-state index in [-0.39, 0.29) is 35.9 Å². The van der Waals surface area contributed by atoms with E-state index in [2.05, 4.69) is 11.1 Å². The van der Waals surface area contributed by atoms with Gasteiger partial charge in [-0.05, 0) is 79.9 Å². The van der Waals surface area contributed by atoms with E-state index in [9.17, 15) is 13.2 Å². The zero-order valence-electron chi connectivity index (χ0n) is 19.3. The van der Waals surface area contributed by atoms with Crippen molar-refractivity contribution in [2.45, 2.75) is 38.1 Å². The van der Waals surface area contributed by atoms with Gasteiger partial charge in [-0.1, -0.05) is 11.3 Å². The van der Waals surface area contributed by atoms with Gasteiger partial charge in [0.1, 0.15) is 11.5 Å². The number of rotatable bonds is 9. The van der Waals surface area contributed by atoms with E-state index in [0.717, 1.165) is 21.3 Å². The fourth-order valence-electron chi connectivity index (χ4n) is 3.55. The molecule has 1 amide bonds. The van der Waals surface area contributed by atoms with Gasteiger partial charge in [0.05, 0.1) is 40.8 Å². The zero-order chi connectivity index (χ0) is 24.3. The lowest BCUT2D eigenvalue weighted by Gasteiger charge is -2.18. The molecule has 0 aliphatic carbocycles. The average molecular weight is 499 g/mol. The smallest absolute Gasteiger partial charge is 0.229 e. The average Bonchev–Trinajstić information content (AvgIpc) is 3.47. The van der Waals surface area contributed by atoms with Crippen LogP contribution < -0.4 is 9.64 Å². The number of amides is 1. The molecule has 0 bridgehead atoms. The van der Waals surface area contributed by atoms with Crippen molar-refractivity contribution in [3.63, 3.8) is 0 Å². The standard InChI is InChI=1S/C25H26N2O5S2/c1-17-14-22-23(15-18(17)2)33-25(26-22)27(16-20-6-4-12-32-20)24(28)7-5-13-34(29,30)21-10-8-19(31-3)9-11-21/h4,6,8-12,14-15H,5,7,13,16H2,1-3H3. The number of carbonyl (C=O) groups is 1. The number of hydrogen-bond donors (Lipinski definition) is 0. The van der Waals surface area contributed by atoms with Crippen molar-refractivity contribution < 1.29 is 22.4 Å². The van der Waals surface area contributed by atoms with Crippen molar-refractivity contribution in [1.29, 1.82) is 0 Å². The van der Waals surface area contributed by atoms with Crippen LogP contribution in [0.4, 0.5) is 5.13 Å². The first kappa shape index (κ1) is 24.0. The minimum absolute atomic E-state index is 0.0735. The largest absolute Gasteiger partial charge is 0.497 e. The second-order valence-electron chi connectivity index (χ2n) is 8.06. The number of fused-ring (bicyclic) bond motifs is 1. The minimum Gasteiger partial charge on any atom is -0.497 e. The molecule has 2 aromatic carbocycles. The summed E-state index contributed by atoms with van der Waals surface area (Å²) in [6.45, 7) is 4.31. The third-order valence-electron chi connectivity index (χ3n) is 5.64. The summed E-state index contributed by atoms with van der Waals surface area (Å²) in [7, 11) is -1.98. The monoisotopic (exact) mass is 498 g/mol. The van der Waals surface area contributed by atoms with Crippen LogP contribution in [0.3, 0.4) is 0 Å². The highest BCUT2D eigenvalue weighted by Gasteiger charge is 2.23. The summed E-state index contributed by atoms with van der Waals surface area (Å²) in [6.07, 6.45) is 1.83. The predicted octanol–water partition coefficient (Wildman–Crippen LogP) is 5.30. The number of anilines is 1. The summed E-state index contributed by atoms with van der Waals surface area (Å²) in [5.41, 5.74) is 3.13. The number of aromatic nitrogens is 1. The van der Waals surface area contributed by atoms with E-state index >= 15 is 0 Å². The lowest BCUT2D eigenvalue weighted by atomic mass is 10.1. The third kappa shape index (κ3) is 5.31. The van der Waals surface area contributed by atoms with Gasteiger partial charge < -0.3 is 9.15 Å². The number of thiazole rings is 1. The quantitative estimate of drug-likeness (QED) is 0.311. The maximum atomic E-state index is 13.2. The maximum Gasteiger partial charge on any atom is 0.229 e. The van der Waals surface area contributed by atoms with Gasteiger partial charge in [-0.15, -0.1) is 0 Å². The van der Waals surface area contributed by atoms with Crippen LogP contribution in [0.1, 0.15) is 29.7 Å². The maximum absolute atomic E-state index is 13.2. The number of nitrogens with zero attached hydrogens (tertiary/aromatic N) is 2. The molecule has 0 unspecified atom stereocenters. The molecule has 7 nitrogen and oxygen atoms in total. The molecule has 0 fully saturated rings. The van der Waals surface area contributed by atoms with Crippen molar-refractivity contribution in [2.75, 3.05) is 17.8 Å². The van der Waals surface area contributed by atoms with Gasteiger partial charge in [0, 0.05) is 6.42 Å². The van der Waals surface area contributed by atoms with Crippen LogP contribution in [-0.4, -0.2) is 32.2 Å². The van der Waals surface area contributed by atoms with Crippen LogP contribution in [-0.2, 0) is 21.2 Å². The third-order valence-corrected chi connectivity index (χ3v) is 8.50. The molecule has 2 heterocycles. The number of carbonyl (C=O) groups excluding carboxylic acids is 1. The first-order valence-electron chi connectivity index (χ1n) is 10.8. The van der Waals surface area contributed by atoms with Gasteiger partial charge in [-0.25, -0.2) is 13.4 Å². The Morgan fingerprint density at radius 2 is 1.85 bits per heavy atom. The van der Waals surface area contributed by atoms with Crippen molar-refractivity contribution in [3.8, 4) is 5.75 Å². The molecule has 2 aromatic heterocycles. The SMILES string of the molecule is COc1ccc(S(=O)(=O)CCCC(=O)N(Cc2ccco2)c2nc3cc(C)c(C)cc3s2)cc1. The lowest BCUT2D eigenvalue weighted by molar-refractivity contribution is -0.118. The second-order valence-corrected chi connectivity index (χ2v) is 11.2. The molecule has 0 radical (unpaired) electrons. The molecule has 4 aromatic rings. The van der Waals surface area contributed by atoms with E-state index in [1.54, 1.807) is 35.4 Å². The number of hydrogen-bond acceptors (Lipinski definition) is 7. The zero-order valence-corrected chi connectivity index (χ0v) is 20.9. The molecular formula is C25H26N2O5S2. The number of sulfone groups is 1. The Hall–Kier alpha value is -3.17. The Morgan fingerprint density at radius 3 is 2.53 bits per heavy atom. The summed E-state index contributed by atoms with van der Waals surface area (Å²) >= 11 is 1.44. The number of aryl methyl sites for hydroxylation is 2. The molecule has 0 saturated carbocycles. The first-order valence-corrected chi connectivity index (χ1v) is 13.3. The number of furan rings is 1. The van der Waals surface area contributed by atoms with E-state index in [0.29, 0.717) is 16.6 Å². The van der Waals surface area contributed by atoms with Gasteiger partial charge in [-0.3, -0.25) is 9.69 Å². The molecule has 4 rings (SSSR count). The molecule has 0 N–H and O–H groups in total. The summed E-state index contributed by atoms with van der Waals surface area (Å²) < 4.78 is 36.9. The van der Waals surface area contributed by atoms with Crippen LogP contribution in [0.5, 0.6) is 5.75 Å². The fourth-order valence-corrected chi connectivity index (χ4v) is 5.93. The van der Waals surface area contributed by atoms with Crippen LogP contribution in [0.25, 0.3) is 10.2 Å². The van der Waals surface area contributed by atoms with E-state index in [1.807, 2.05) is 19.9 Å². The fraction of sp³-hybridized carbons (Fsp3) is 0.280. The van der Waals surface area contributed by atoms with Gasteiger partial charge in [0.2, 0.25) is 5.91 Å². The van der Waals surface area contributed by atoms with Crippen molar-refractivity contribution >= 4 is 42.4 Å². The van der Waals surface area contributed by atoms with Crippen molar-refractivity contribution in [1.82, 2.24) is 4.98 Å². The highest BCUT2D eigenvalue weighted by atomic mass is 32.2. The molecule has 0 atom stereocenters. The summed E-state index contributed by atoms with van der Waals surface area (Å²) in [5, 5.41) is 0.569. The van der Waals surface area contributed by atoms with Crippen LogP contribution >= 0.6 is 11.3 Å². The number of benzene rings is 2. The topological polar surface area (TPSA) is 89.7 Å². The first-order chi connectivity index (χ1) is 16.3. The lowest BCUT2D eigenvalue weighted by Crippen LogP contribution is -2.30. The molecule has 9 heteroatoms. The molecule has 0 saturated heterocycles. The molecule has 0 aliphatic heterocycles. The Kier molecular flexibility index (Phi) is 7.04. The van der Waals surface area contributed by atoms with Crippen molar-refractivity contribution in [3.05, 3.63) is 71.7 Å². The van der Waals surface area contributed by atoms with Crippen LogP contribution in [0.2, 0.25) is 0 Å². The van der Waals surface area contributed by atoms with Gasteiger partial charge in [-0.2, -0.15) is 0 Å². The van der Waals surface area contributed by atoms with Crippen molar-refractivity contribution in [2.24, 2.45) is 0 Å². The number of methoxy groups -OCH3 is 1. The van der Waals surface area contributed by atoms with Gasteiger partial charge >= 0.3 is 0 Å². The minimum atomic E-state index is -3.51. The highest BCUT2D eigenvalue weighted by Crippen LogP contribution is 2.32. The normalized spacial score (nSPS) is 11.6. The number of ether oxygens (including phenoxy) is 1. The van der Waals surface area contributed by atoms with Crippen LogP contribution in [0, 0.1) is 13.8 Å². The Morgan fingerprint density at radius 1 is 1.12 bits per heavy atom. The summed E-state index contributed by atoms with van der Waals surface area (Å²) in [4.78, 5) is 19.7. The summed E-state index contributed by atoms with van der Waals surface area (Å²) in [5.74, 6) is 0.890. The van der Waals surface area contributed by atoms with E-state index in [1.165, 1.54) is 30.6 Å². The Bertz CT molecular complexity index is 1350. The highest BCUT2D eigenvalue weighted by molar-refractivity contribution is 7.91. The van der Waals surface area contributed by atoms with E-state index in [4.69, 9.17) is 9.15 Å². The molecule has 0 spiro atoms. The Labute approximate surface area is 202 Å². The second kappa shape index (κ2) is 9.99. The molecule has 34 heavy (non-hydrogen) atoms. The molecule has 178 valence electrons. The van der Waals surface area contributed by atoms with Crippen LogP contribution in [0.15, 0.2) is 64.1 Å². The molecular weight excluding hydrogens is 472 g/mol. The summed E-state index contributed by atoms with van der Waals surface area (Å²) in [6, 6.07) is 13.9. The van der Waals surface area contributed by atoms with Gasteiger partial charge in [0.15, 0.2) is 15.0 Å².